The van der Waals surface area contributed by atoms with Gasteiger partial charge < -0.3 is 5.32 Å². The van der Waals surface area contributed by atoms with Gasteiger partial charge in [0.2, 0.25) is 0 Å². The number of aliphatic imine (C=N–C) groups is 1. The third-order valence-corrected chi connectivity index (χ3v) is 3.92. The van der Waals surface area contributed by atoms with Crippen LogP contribution in [0, 0.1) is 11.5 Å². The van der Waals surface area contributed by atoms with Crippen molar-refractivity contribution >= 4 is 34.2 Å². The Balaban J connectivity index is 2.22. The van der Waals surface area contributed by atoms with Crippen LogP contribution in [0.2, 0.25) is 0 Å². The molecule has 0 bridgehead atoms. The van der Waals surface area contributed by atoms with E-state index in [9.17, 15) is 4.79 Å². The predicted molar refractivity (Wildman–Crippen MR) is 99.6 cm³/mol. The molecule has 2 aromatic carbocycles. The lowest BCUT2D eigenvalue weighted by molar-refractivity contribution is 0.102. The SMILES string of the molecule is CCc1ccccc1NC(=O)c1cccc(N=C(NC#N)SC)c1. The van der Waals surface area contributed by atoms with Gasteiger partial charge in [0.05, 0.1) is 5.69 Å². The summed E-state index contributed by atoms with van der Waals surface area (Å²) in [6, 6.07) is 14.7. The van der Waals surface area contributed by atoms with E-state index in [4.69, 9.17) is 5.26 Å². The molecule has 0 radical (unpaired) electrons. The summed E-state index contributed by atoms with van der Waals surface area (Å²) in [5.41, 5.74) is 3.02. The zero-order valence-electron chi connectivity index (χ0n) is 13.5. The molecule has 0 saturated carbocycles. The van der Waals surface area contributed by atoms with Crippen molar-refractivity contribution in [1.82, 2.24) is 5.32 Å². The smallest absolute Gasteiger partial charge is 0.255 e. The minimum atomic E-state index is -0.188. The number of anilines is 1. The Morgan fingerprint density at radius 1 is 1.25 bits per heavy atom. The quantitative estimate of drug-likeness (QED) is 0.383. The topological polar surface area (TPSA) is 77.3 Å². The van der Waals surface area contributed by atoms with Crippen LogP contribution < -0.4 is 10.6 Å². The molecule has 6 heteroatoms. The Hall–Kier alpha value is -2.78. The summed E-state index contributed by atoms with van der Waals surface area (Å²) in [5.74, 6) is -0.188. The maximum Gasteiger partial charge on any atom is 0.255 e. The molecule has 0 atom stereocenters. The largest absolute Gasteiger partial charge is 0.322 e. The Morgan fingerprint density at radius 3 is 2.75 bits per heavy atom. The van der Waals surface area contributed by atoms with Crippen molar-refractivity contribution in [2.45, 2.75) is 13.3 Å². The number of hydrogen-bond acceptors (Lipinski definition) is 4. The summed E-state index contributed by atoms with van der Waals surface area (Å²) in [6.07, 6.45) is 4.51. The molecule has 0 spiro atoms. The molecular formula is C18H18N4OS. The van der Waals surface area contributed by atoms with Crippen molar-refractivity contribution in [3.63, 3.8) is 0 Å². The Labute approximate surface area is 145 Å². The lowest BCUT2D eigenvalue weighted by Crippen LogP contribution is -2.14. The number of carbonyl (C=O) groups is 1. The number of aryl methyl sites for hydroxylation is 1. The monoisotopic (exact) mass is 338 g/mol. The molecule has 0 heterocycles. The number of rotatable bonds is 4. The van der Waals surface area contributed by atoms with Crippen LogP contribution in [0.25, 0.3) is 0 Å². The minimum Gasteiger partial charge on any atom is -0.322 e. The maximum absolute atomic E-state index is 12.5. The van der Waals surface area contributed by atoms with Gasteiger partial charge in [0.15, 0.2) is 11.4 Å². The number of amides is 1. The molecule has 5 nitrogen and oxygen atoms in total. The second-order valence-corrected chi connectivity index (χ2v) is 5.67. The lowest BCUT2D eigenvalue weighted by Gasteiger charge is -2.10. The number of thioether (sulfide) groups is 1. The number of para-hydroxylation sites is 1. The highest BCUT2D eigenvalue weighted by Gasteiger charge is 2.09. The van der Waals surface area contributed by atoms with Crippen LogP contribution in [0.1, 0.15) is 22.8 Å². The molecule has 122 valence electrons. The Morgan fingerprint density at radius 2 is 2.04 bits per heavy atom. The van der Waals surface area contributed by atoms with Gasteiger partial charge in [-0.3, -0.25) is 10.1 Å². The number of nitrogens with one attached hydrogen (secondary N) is 2. The van der Waals surface area contributed by atoms with Crippen LogP contribution in [0.5, 0.6) is 0 Å². The average molecular weight is 338 g/mol. The summed E-state index contributed by atoms with van der Waals surface area (Å²) >= 11 is 1.33. The van der Waals surface area contributed by atoms with Crippen LogP contribution in [0.15, 0.2) is 53.5 Å². The van der Waals surface area contributed by atoms with Gasteiger partial charge in [-0.25, -0.2) is 4.99 Å². The lowest BCUT2D eigenvalue weighted by atomic mass is 10.1. The van der Waals surface area contributed by atoms with E-state index in [2.05, 4.69) is 15.6 Å². The zero-order chi connectivity index (χ0) is 17.4. The first-order chi connectivity index (χ1) is 11.7. The van der Waals surface area contributed by atoms with Crippen molar-refractivity contribution < 1.29 is 4.79 Å². The van der Waals surface area contributed by atoms with Crippen molar-refractivity contribution in [1.29, 1.82) is 5.26 Å². The molecule has 0 aliphatic rings. The fraction of sp³-hybridized carbons (Fsp3) is 0.167. The average Bonchev–Trinajstić information content (AvgIpc) is 2.62. The van der Waals surface area contributed by atoms with E-state index in [0.717, 1.165) is 17.7 Å². The van der Waals surface area contributed by atoms with E-state index in [0.29, 0.717) is 16.4 Å². The van der Waals surface area contributed by atoms with Gasteiger partial charge in [0.1, 0.15) is 0 Å². The summed E-state index contributed by atoms with van der Waals surface area (Å²) in [6.45, 7) is 2.05. The molecule has 0 aliphatic carbocycles. The fourth-order valence-electron chi connectivity index (χ4n) is 2.15. The number of hydrogen-bond donors (Lipinski definition) is 2. The highest BCUT2D eigenvalue weighted by atomic mass is 32.2. The molecule has 24 heavy (non-hydrogen) atoms. The molecule has 2 N–H and O–H groups in total. The number of nitriles is 1. The molecule has 0 fully saturated rings. The molecule has 1 amide bonds. The number of benzene rings is 2. The van der Waals surface area contributed by atoms with Crippen LogP contribution >= 0.6 is 11.8 Å². The zero-order valence-corrected chi connectivity index (χ0v) is 14.4. The summed E-state index contributed by atoms with van der Waals surface area (Å²) < 4.78 is 0. The maximum atomic E-state index is 12.5. The first kappa shape index (κ1) is 17.6. The molecule has 0 unspecified atom stereocenters. The van der Waals surface area contributed by atoms with Crippen molar-refractivity contribution in [2.24, 2.45) is 4.99 Å². The van der Waals surface area contributed by atoms with E-state index in [-0.39, 0.29) is 5.91 Å². The second-order valence-electron chi connectivity index (χ2n) is 4.87. The highest BCUT2D eigenvalue weighted by Crippen LogP contribution is 2.19. The van der Waals surface area contributed by atoms with Gasteiger partial charge in [0.25, 0.3) is 5.91 Å². The van der Waals surface area contributed by atoms with Gasteiger partial charge in [-0.2, -0.15) is 5.26 Å². The standard InChI is InChI=1S/C18H18N4OS/c1-3-13-7-4-5-10-16(13)22-17(23)14-8-6-9-15(11-14)21-18(24-2)20-12-19/h4-11H,3H2,1-2H3,(H,20,21)(H,22,23). The fourth-order valence-corrected chi connectivity index (χ4v) is 2.50. The van der Waals surface area contributed by atoms with Gasteiger partial charge in [0, 0.05) is 11.3 Å². The Bertz CT molecular complexity index is 796. The molecular weight excluding hydrogens is 320 g/mol. The third-order valence-electron chi connectivity index (χ3n) is 3.34. The summed E-state index contributed by atoms with van der Waals surface area (Å²) in [5, 5.41) is 14.6. The van der Waals surface area contributed by atoms with Crippen LogP contribution in [0.3, 0.4) is 0 Å². The van der Waals surface area contributed by atoms with E-state index in [1.165, 1.54) is 11.8 Å². The molecule has 0 aliphatic heterocycles. The van der Waals surface area contributed by atoms with Crippen LogP contribution in [-0.4, -0.2) is 17.3 Å². The van der Waals surface area contributed by atoms with E-state index >= 15 is 0 Å². The van der Waals surface area contributed by atoms with Gasteiger partial charge in [-0.05, 0) is 42.5 Å². The third kappa shape index (κ3) is 4.61. The predicted octanol–water partition coefficient (Wildman–Crippen LogP) is 3.92. The van der Waals surface area contributed by atoms with Crippen molar-refractivity contribution in [2.75, 3.05) is 11.6 Å². The number of carbonyl (C=O) groups excluding carboxylic acids is 1. The first-order valence-electron chi connectivity index (χ1n) is 7.45. The van der Waals surface area contributed by atoms with E-state index in [1.807, 2.05) is 43.6 Å². The number of nitrogens with zero attached hydrogens (tertiary/aromatic N) is 2. The molecule has 0 aromatic heterocycles. The summed E-state index contributed by atoms with van der Waals surface area (Å²) in [4.78, 5) is 16.8. The van der Waals surface area contributed by atoms with Gasteiger partial charge >= 0.3 is 0 Å². The molecule has 2 rings (SSSR count). The number of amidine groups is 1. The van der Waals surface area contributed by atoms with Gasteiger partial charge in [-0.1, -0.05) is 43.0 Å². The van der Waals surface area contributed by atoms with E-state index in [1.54, 1.807) is 24.3 Å². The summed E-state index contributed by atoms with van der Waals surface area (Å²) in [7, 11) is 0. The van der Waals surface area contributed by atoms with Crippen LogP contribution in [0.4, 0.5) is 11.4 Å². The second kappa shape index (κ2) is 8.75. The normalized spacial score (nSPS) is 10.8. The van der Waals surface area contributed by atoms with Crippen molar-refractivity contribution in [3.8, 4) is 6.19 Å². The van der Waals surface area contributed by atoms with Crippen LogP contribution in [-0.2, 0) is 6.42 Å². The molecule has 0 saturated heterocycles. The first-order valence-corrected chi connectivity index (χ1v) is 8.67. The Kier molecular flexibility index (Phi) is 6.41. The van der Waals surface area contributed by atoms with Crippen molar-refractivity contribution in [3.05, 3.63) is 59.7 Å². The minimum absolute atomic E-state index is 0.188. The highest BCUT2D eigenvalue weighted by molar-refractivity contribution is 8.13. The molecule has 2 aromatic rings. The van der Waals surface area contributed by atoms with Gasteiger partial charge in [-0.15, -0.1) is 0 Å². The van der Waals surface area contributed by atoms with E-state index < -0.39 is 0 Å².